The van der Waals surface area contributed by atoms with Gasteiger partial charge in [0.1, 0.15) is 5.75 Å². The van der Waals surface area contributed by atoms with E-state index in [4.69, 9.17) is 14.5 Å². The molecule has 3 heterocycles. The molecule has 1 aliphatic heterocycles. The molecule has 0 unspecified atom stereocenters. The molecule has 2 aromatic heterocycles. The first kappa shape index (κ1) is 18.0. The third kappa shape index (κ3) is 3.84. The number of hydrogen-bond acceptors (Lipinski definition) is 6. The van der Waals surface area contributed by atoms with Crippen molar-refractivity contribution in [1.29, 1.82) is 0 Å². The third-order valence-corrected chi connectivity index (χ3v) is 5.48. The van der Waals surface area contributed by atoms with Gasteiger partial charge in [0.05, 0.1) is 29.9 Å². The van der Waals surface area contributed by atoms with E-state index < -0.39 is 0 Å². The Morgan fingerprint density at radius 1 is 1.22 bits per heavy atom. The number of thioether (sulfide) groups is 1. The molecule has 3 aromatic rings. The maximum Gasteiger partial charge on any atom is 0.166 e. The van der Waals surface area contributed by atoms with Gasteiger partial charge in [-0.3, -0.25) is 9.98 Å². The number of nitrogens with one attached hydrogen (secondary N) is 1. The van der Waals surface area contributed by atoms with E-state index in [9.17, 15) is 0 Å². The van der Waals surface area contributed by atoms with Gasteiger partial charge in [-0.15, -0.1) is 0 Å². The van der Waals surface area contributed by atoms with Gasteiger partial charge in [0.25, 0.3) is 0 Å². The maximum absolute atomic E-state index is 5.86. The Morgan fingerprint density at radius 3 is 3.04 bits per heavy atom. The summed E-state index contributed by atoms with van der Waals surface area (Å²) in [5.41, 5.74) is 6.50. The van der Waals surface area contributed by atoms with Gasteiger partial charge in [0, 0.05) is 49.4 Å². The van der Waals surface area contributed by atoms with E-state index in [1.807, 2.05) is 12.3 Å². The quantitative estimate of drug-likeness (QED) is 0.472. The van der Waals surface area contributed by atoms with Crippen LogP contribution in [0.4, 0.5) is 0 Å². The minimum atomic E-state index is 0.640. The smallest absolute Gasteiger partial charge is 0.166 e. The number of aromatic nitrogens is 3. The van der Waals surface area contributed by atoms with Gasteiger partial charge in [0.15, 0.2) is 5.16 Å². The molecule has 0 bridgehead atoms. The molecule has 1 aliphatic rings. The molecule has 0 aliphatic carbocycles. The Morgan fingerprint density at radius 2 is 2.15 bits per heavy atom. The number of rotatable bonds is 8. The molecular formula is C20H22N4O2S. The van der Waals surface area contributed by atoms with Crippen LogP contribution in [0, 0.1) is 6.92 Å². The lowest BCUT2D eigenvalue weighted by molar-refractivity contribution is 0.172. The van der Waals surface area contributed by atoms with Crippen LogP contribution >= 0.6 is 11.8 Å². The number of aromatic amines is 1. The summed E-state index contributed by atoms with van der Waals surface area (Å²) in [7, 11) is 1.70. The number of fused-ring (bicyclic) bond motifs is 3. The Kier molecular flexibility index (Phi) is 5.40. The summed E-state index contributed by atoms with van der Waals surface area (Å²) in [4.78, 5) is 17.0. The number of benzene rings is 1. The molecule has 0 radical (unpaired) electrons. The molecule has 0 fully saturated rings. The molecular weight excluding hydrogens is 360 g/mol. The number of hydrogen-bond donors (Lipinski definition) is 1. The van der Waals surface area contributed by atoms with Crippen molar-refractivity contribution in [3.63, 3.8) is 0 Å². The average Bonchev–Trinajstić information content (AvgIpc) is 3.31. The molecule has 0 amide bonds. The van der Waals surface area contributed by atoms with Crippen LogP contribution in [-0.4, -0.2) is 41.5 Å². The Bertz CT molecular complexity index is 984. The fourth-order valence-corrected chi connectivity index (χ4v) is 3.99. The van der Waals surface area contributed by atoms with Crippen LogP contribution < -0.4 is 4.74 Å². The number of ether oxygens (including phenoxy) is 2. The van der Waals surface area contributed by atoms with Gasteiger partial charge in [-0.05, 0) is 24.6 Å². The topological polar surface area (TPSA) is 72.4 Å². The highest BCUT2D eigenvalue weighted by atomic mass is 32.2. The molecule has 4 rings (SSSR count). The van der Waals surface area contributed by atoms with E-state index >= 15 is 0 Å². The Hall–Kier alpha value is -2.38. The van der Waals surface area contributed by atoms with Crippen molar-refractivity contribution >= 4 is 29.0 Å². The van der Waals surface area contributed by atoms with Crippen molar-refractivity contribution in [3.8, 4) is 5.75 Å². The SMILES string of the molecule is COCCCOc1ccnc(CSc2nc3c4c(ccc3[nH]2)CN=C4)c1C. The summed E-state index contributed by atoms with van der Waals surface area (Å²) in [6.07, 6.45) is 4.59. The molecule has 1 N–H and O–H groups in total. The van der Waals surface area contributed by atoms with Gasteiger partial charge in [-0.1, -0.05) is 17.8 Å². The largest absolute Gasteiger partial charge is 0.493 e. The molecule has 0 saturated carbocycles. The molecule has 6 nitrogen and oxygen atoms in total. The lowest BCUT2D eigenvalue weighted by Crippen LogP contribution is -2.04. The highest BCUT2D eigenvalue weighted by Gasteiger charge is 2.14. The standard InChI is InChI=1S/C20H22N4O2S/c1-13-17(22-7-6-18(13)26-9-3-8-25-2)12-27-20-23-16-5-4-14-10-21-11-15(14)19(16)24-20/h4-7,11H,3,8-10,12H2,1-2H3,(H,23,24). The van der Waals surface area contributed by atoms with Crippen LogP contribution in [0.5, 0.6) is 5.75 Å². The molecule has 0 spiro atoms. The van der Waals surface area contributed by atoms with E-state index in [0.717, 1.165) is 57.5 Å². The normalized spacial score (nSPS) is 12.7. The second-order valence-corrected chi connectivity index (χ2v) is 7.37. The van der Waals surface area contributed by atoms with Gasteiger partial charge < -0.3 is 14.5 Å². The maximum atomic E-state index is 5.86. The highest BCUT2D eigenvalue weighted by Crippen LogP contribution is 2.29. The van der Waals surface area contributed by atoms with Crippen LogP contribution in [0.1, 0.15) is 28.8 Å². The van der Waals surface area contributed by atoms with Crippen molar-refractivity contribution in [2.45, 2.75) is 30.8 Å². The van der Waals surface area contributed by atoms with E-state index in [0.29, 0.717) is 13.2 Å². The van der Waals surface area contributed by atoms with Gasteiger partial charge in [-0.25, -0.2) is 4.98 Å². The summed E-state index contributed by atoms with van der Waals surface area (Å²) in [5, 5.41) is 0.895. The van der Waals surface area contributed by atoms with Crippen LogP contribution in [0.25, 0.3) is 11.0 Å². The van der Waals surface area contributed by atoms with Crippen LogP contribution in [0.3, 0.4) is 0 Å². The summed E-state index contributed by atoms with van der Waals surface area (Å²) < 4.78 is 10.9. The van der Waals surface area contributed by atoms with E-state index in [1.165, 1.54) is 5.56 Å². The number of imidazole rings is 1. The van der Waals surface area contributed by atoms with Crippen LogP contribution in [0.2, 0.25) is 0 Å². The van der Waals surface area contributed by atoms with Crippen molar-refractivity contribution in [2.24, 2.45) is 4.99 Å². The molecule has 1 aromatic carbocycles. The van der Waals surface area contributed by atoms with E-state index in [-0.39, 0.29) is 0 Å². The second-order valence-electron chi connectivity index (χ2n) is 6.41. The first-order chi connectivity index (χ1) is 13.3. The third-order valence-electron chi connectivity index (χ3n) is 4.60. The predicted octanol–water partition coefficient (Wildman–Crippen LogP) is 3.91. The minimum absolute atomic E-state index is 0.640. The van der Waals surface area contributed by atoms with Crippen molar-refractivity contribution in [1.82, 2.24) is 15.0 Å². The summed E-state index contributed by atoms with van der Waals surface area (Å²) in [5.74, 6) is 1.62. The first-order valence-corrected chi connectivity index (χ1v) is 9.95. The van der Waals surface area contributed by atoms with Crippen molar-refractivity contribution < 1.29 is 9.47 Å². The second kappa shape index (κ2) is 8.10. The van der Waals surface area contributed by atoms with Gasteiger partial charge >= 0.3 is 0 Å². The predicted molar refractivity (Wildman–Crippen MR) is 108 cm³/mol. The van der Waals surface area contributed by atoms with E-state index in [2.05, 4.69) is 34.0 Å². The minimum Gasteiger partial charge on any atom is -0.493 e. The number of pyridine rings is 1. The van der Waals surface area contributed by atoms with Gasteiger partial charge in [-0.2, -0.15) is 0 Å². The first-order valence-electron chi connectivity index (χ1n) is 8.96. The fraction of sp³-hybridized carbons (Fsp3) is 0.350. The number of nitrogens with zero attached hydrogens (tertiary/aromatic N) is 3. The zero-order chi connectivity index (χ0) is 18.6. The Balaban J connectivity index is 1.46. The van der Waals surface area contributed by atoms with Crippen molar-refractivity contribution in [3.05, 3.63) is 46.8 Å². The van der Waals surface area contributed by atoms with Gasteiger partial charge in [0.2, 0.25) is 0 Å². The number of methoxy groups -OCH3 is 1. The molecule has 7 heteroatoms. The zero-order valence-electron chi connectivity index (χ0n) is 15.5. The number of H-pyrrole nitrogens is 1. The van der Waals surface area contributed by atoms with Crippen LogP contribution in [-0.2, 0) is 17.0 Å². The van der Waals surface area contributed by atoms with E-state index in [1.54, 1.807) is 25.1 Å². The lowest BCUT2D eigenvalue weighted by atomic mass is 10.1. The fourth-order valence-electron chi connectivity index (χ4n) is 3.08. The summed E-state index contributed by atoms with van der Waals surface area (Å²) in [6.45, 7) is 4.15. The molecule has 0 atom stereocenters. The summed E-state index contributed by atoms with van der Waals surface area (Å²) in [6, 6.07) is 6.12. The Labute approximate surface area is 162 Å². The lowest BCUT2D eigenvalue weighted by Gasteiger charge is -2.11. The zero-order valence-corrected chi connectivity index (χ0v) is 16.3. The average molecular weight is 382 g/mol. The highest BCUT2D eigenvalue weighted by molar-refractivity contribution is 7.98. The molecule has 27 heavy (non-hydrogen) atoms. The number of aliphatic imine (C=N–C) groups is 1. The van der Waals surface area contributed by atoms with Crippen LogP contribution in [0.15, 0.2) is 34.5 Å². The molecule has 140 valence electrons. The monoisotopic (exact) mass is 382 g/mol. The van der Waals surface area contributed by atoms with Crippen molar-refractivity contribution in [2.75, 3.05) is 20.3 Å². The summed E-state index contributed by atoms with van der Waals surface area (Å²) >= 11 is 1.65. The molecule has 0 saturated heterocycles.